The van der Waals surface area contributed by atoms with E-state index in [2.05, 4.69) is 78.6 Å². The lowest BCUT2D eigenvalue weighted by Crippen LogP contribution is -2.39. The highest BCUT2D eigenvalue weighted by Gasteiger charge is 2.26. The van der Waals surface area contributed by atoms with Crippen LogP contribution in [0.4, 0.5) is 5.69 Å². The molecule has 1 heterocycles. The van der Waals surface area contributed by atoms with Crippen LogP contribution in [0.2, 0.25) is 0 Å². The van der Waals surface area contributed by atoms with Gasteiger partial charge in [0.1, 0.15) is 11.9 Å². The number of anilines is 1. The smallest absolute Gasteiger partial charge is 0.338 e. The molecule has 190 valence electrons. The van der Waals surface area contributed by atoms with Gasteiger partial charge < -0.3 is 14.4 Å². The Balaban J connectivity index is 1.27. The molecular weight excluding hydrogens is 458 g/mol. The number of para-hydroxylation sites is 2. The van der Waals surface area contributed by atoms with E-state index < -0.39 is 0 Å². The third kappa shape index (κ3) is 5.48. The standard InChI is InChI=1S/C33H35NO3/c1-23(28-15-9-12-26-11-4-5-14-29(26)28)10-8-13-27-22-34(31-16-6-7-17-32(31)37-27)21-25-19-18-24(2)30(20-25)33(35)36-3/h4-7,9,11-12,14-20,23,27H,8,10,13,21-22H2,1-3H3/t23-,27?/m0/s1. The van der Waals surface area contributed by atoms with Gasteiger partial charge in [-0.15, -0.1) is 0 Å². The minimum atomic E-state index is -0.292. The van der Waals surface area contributed by atoms with Crippen molar-refractivity contribution in [3.8, 4) is 5.75 Å². The fourth-order valence-corrected chi connectivity index (χ4v) is 5.48. The number of benzene rings is 4. The molecule has 0 fully saturated rings. The Morgan fingerprint density at radius 2 is 1.81 bits per heavy atom. The van der Waals surface area contributed by atoms with Gasteiger partial charge in [0.15, 0.2) is 0 Å². The first kappa shape index (κ1) is 24.9. The Morgan fingerprint density at radius 3 is 2.68 bits per heavy atom. The molecule has 4 heteroatoms. The van der Waals surface area contributed by atoms with Crippen LogP contribution in [0.15, 0.2) is 84.9 Å². The van der Waals surface area contributed by atoms with Gasteiger partial charge in [-0.1, -0.05) is 73.7 Å². The van der Waals surface area contributed by atoms with Crippen LogP contribution in [0, 0.1) is 6.92 Å². The summed E-state index contributed by atoms with van der Waals surface area (Å²) in [6.45, 7) is 5.81. The molecule has 2 atom stereocenters. The van der Waals surface area contributed by atoms with Crippen LogP contribution in [0.3, 0.4) is 0 Å². The molecule has 1 aliphatic heterocycles. The van der Waals surface area contributed by atoms with E-state index in [1.165, 1.54) is 23.4 Å². The normalized spacial score (nSPS) is 15.6. The first-order valence-corrected chi connectivity index (χ1v) is 13.2. The molecule has 0 saturated carbocycles. The van der Waals surface area contributed by atoms with E-state index in [0.717, 1.165) is 48.4 Å². The molecule has 4 aromatic carbocycles. The third-order valence-corrected chi connectivity index (χ3v) is 7.52. The molecule has 37 heavy (non-hydrogen) atoms. The zero-order valence-corrected chi connectivity index (χ0v) is 21.9. The molecule has 0 spiro atoms. The molecule has 1 unspecified atom stereocenters. The molecule has 0 bridgehead atoms. The Hall–Kier alpha value is -3.79. The largest absolute Gasteiger partial charge is 0.486 e. The van der Waals surface area contributed by atoms with Crippen LogP contribution < -0.4 is 9.64 Å². The topological polar surface area (TPSA) is 38.8 Å². The van der Waals surface area contributed by atoms with Crippen molar-refractivity contribution in [2.24, 2.45) is 0 Å². The lowest BCUT2D eigenvalue weighted by Gasteiger charge is -2.36. The van der Waals surface area contributed by atoms with Crippen LogP contribution in [-0.2, 0) is 11.3 Å². The van der Waals surface area contributed by atoms with Crippen molar-refractivity contribution >= 4 is 22.4 Å². The SMILES string of the molecule is COC(=O)c1cc(CN2CC(CCC[C@H](C)c3cccc4ccccc34)Oc3ccccc32)ccc1C. The lowest BCUT2D eigenvalue weighted by atomic mass is 9.90. The number of carbonyl (C=O) groups excluding carboxylic acids is 1. The van der Waals surface area contributed by atoms with Gasteiger partial charge in [-0.3, -0.25) is 0 Å². The van der Waals surface area contributed by atoms with Crippen molar-refractivity contribution in [1.82, 2.24) is 0 Å². The van der Waals surface area contributed by atoms with Gasteiger partial charge >= 0.3 is 5.97 Å². The first-order valence-electron chi connectivity index (χ1n) is 13.2. The Labute approximate surface area is 219 Å². The van der Waals surface area contributed by atoms with Crippen molar-refractivity contribution < 1.29 is 14.3 Å². The highest BCUT2D eigenvalue weighted by atomic mass is 16.5. The molecule has 0 aromatic heterocycles. The fraction of sp³-hybridized carbons (Fsp3) is 0.303. The summed E-state index contributed by atoms with van der Waals surface area (Å²) in [5, 5.41) is 2.66. The number of rotatable bonds is 8. The summed E-state index contributed by atoms with van der Waals surface area (Å²) in [6, 6.07) is 29.6. The predicted molar refractivity (Wildman–Crippen MR) is 151 cm³/mol. The van der Waals surface area contributed by atoms with E-state index in [1.54, 1.807) is 0 Å². The second kappa shape index (κ2) is 11.1. The molecule has 0 aliphatic carbocycles. The summed E-state index contributed by atoms with van der Waals surface area (Å²) in [4.78, 5) is 14.6. The zero-order chi connectivity index (χ0) is 25.8. The van der Waals surface area contributed by atoms with Crippen LogP contribution in [0.25, 0.3) is 10.8 Å². The summed E-state index contributed by atoms with van der Waals surface area (Å²) in [5.41, 5.74) is 5.17. The van der Waals surface area contributed by atoms with Crippen molar-refractivity contribution in [3.05, 3.63) is 107 Å². The maximum atomic E-state index is 12.2. The number of nitrogens with zero attached hydrogens (tertiary/aromatic N) is 1. The number of fused-ring (bicyclic) bond motifs is 2. The van der Waals surface area contributed by atoms with Crippen LogP contribution in [0.5, 0.6) is 5.75 Å². The lowest BCUT2D eigenvalue weighted by molar-refractivity contribution is 0.0599. The number of hydrogen-bond acceptors (Lipinski definition) is 4. The molecule has 5 rings (SSSR count). The van der Waals surface area contributed by atoms with Crippen LogP contribution in [0.1, 0.15) is 59.2 Å². The van der Waals surface area contributed by atoms with Gasteiger partial charge in [-0.05, 0) is 77.8 Å². The van der Waals surface area contributed by atoms with Crippen molar-refractivity contribution in [1.29, 1.82) is 0 Å². The first-order chi connectivity index (χ1) is 18.0. The minimum absolute atomic E-state index is 0.125. The summed E-state index contributed by atoms with van der Waals surface area (Å²) >= 11 is 0. The van der Waals surface area contributed by atoms with Gasteiger partial charge in [-0.2, -0.15) is 0 Å². The number of carbonyl (C=O) groups is 1. The quantitative estimate of drug-likeness (QED) is 0.236. The van der Waals surface area contributed by atoms with Crippen LogP contribution >= 0.6 is 0 Å². The number of methoxy groups -OCH3 is 1. The zero-order valence-electron chi connectivity index (χ0n) is 21.9. The van der Waals surface area contributed by atoms with Gasteiger partial charge in [0, 0.05) is 6.54 Å². The molecule has 4 aromatic rings. The van der Waals surface area contributed by atoms with Crippen molar-refractivity contribution in [2.75, 3.05) is 18.6 Å². The van der Waals surface area contributed by atoms with Gasteiger partial charge in [0.25, 0.3) is 0 Å². The maximum Gasteiger partial charge on any atom is 0.338 e. The molecule has 0 saturated heterocycles. The Bertz CT molecular complexity index is 1390. The van der Waals surface area contributed by atoms with E-state index in [-0.39, 0.29) is 12.1 Å². The molecule has 0 radical (unpaired) electrons. The number of esters is 1. The summed E-state index contributed by atoms with van der Waals surface area (Å²) < 4.78 is 11.4. The number of ether oxygens (including phenoxy) is 2. The molecule has 0 amide bonds. The minimum Gasteiger partial charge on any atom is -0.486 e. The highest BCUT2D eigenvalue weighted by molar-refractivity contribution is 5.91. The summed E-state index contributed by atoms with van der Waals surface area (Å²) in [6.07, 6.45) is 3.35. The van der Waals surface area contributed by atoms with E-state index in [9.17, 15) is 4.79 Å². The maximum absolute atomic E-state index is 12.2. The third-order valence-electron chi connectivity index (χ3n) is 7.52. The van der Waals surface area contributed by atoms with E-state index in [1.807, 2.05) is 25.1 Å². The second-order valence-electron chi connectivity index (χ2n) is 10.1. The van der Waals surface area contributed by atoms with E-state index in [4.69, 9.17) is 9.47 Å². The molecular formula is C33H35NO3. The van der Waals surface area contributed by atoms with E-state index in [0.29, 0.717) is 18.0 Å². The number of hydrogen-bond donors (Lipinski definition) is 0. The molecule has 1 aliphatic rings. The van der Waals surface area contributed by atoms with Crippen molar-refractivity contribution in [2.45, 2.75) is 51.7 Å². The van der Waals surface area contributed by atoms with Gasteiger partial charge in [-0.25, -0.2) is 4.79 Å². The average molecular weight is 494 g/mol. The van der Waals surface area contributed by atoms with Crippen molar-refractivity contribution in [3.63, 3.8) is 0 Å². The Kier molecular flexibility index (Phi) is 7.45. The van der Waals surface area contributed by atoms with Crippen LogP contribution in [-0.4, -0.2) is 25.7 Å². The van der Waals surface area contributed by atoms with E-state index >= 15 is 0 Å². The average Bonchev–Trinajstić information content (AvgIpc) is 2.93. The predicted octanol–water partition coefficient (Wildman–Crippen LogP) is 7.68. The fourth-order valence-electron chi connectivity index (χ4n) is 5.48. The molecule has 0 N–H and O–H groups in total. The Morgan fingerprint density at radius 1 is 1.03 bits per heavy atom. The second-order valence-corrected chi connectivity index (χ2v) is 10.1. The molecule has 4 nitrogen and oxygen atoms in total. The van der Waals surface area contributed by atoms with Gasteiger partial charge in [0.05, 0.1) is 24.9 Å². The number of aryl methyl sites for hydroxylation is 1. The monoisotopic (exact) mass is 493 g/mol. The van der Waals surface area contributed by atoms with Gasteiger partial charge in [0.2, 0.25) is 0 Å². The summed E-state index contributed by atoms with van der Waals surface area (Å²) in [7, 11) is 1.43. The highest BCUT2D eigenvalue weighted by Crippen LogP contribution is 2.36. The summed E-state index contributed by atoms with van der Waals surface area (Å²) in [5.74, 6) is 1.13.